The van der Waals surface area contributed by atoms with E-state index in [9.17, 15) is 32.8 Å². The van der Waals surface area contributed by atoms with Gasteiger partial charge < -0.3 is 41.6 Å². The lowest BCUT2D eigenvalue weighted by Gasteiger charge is -2.44. The molecular formula is C13H29N3O7S. The molecule has 1 aliphatic rings. The highest BCUT2D eigenvalue weighted by molar-refractivity contribution is 7.89. The molecule has 144 valence electrons. The van der Waals surface area contributed by atoms with Gasteiger partial charge in [0.15, 0.2) is 0 Å². The van der Waals surface area contributed by atoms with Gasteiger partial charge in [-0.3, -0.25) is 0 Å². The smallest absolute Gasteiger partial charge is 0.120 e. The van der Waals surface area contributed by atoms with Gasteiger partial charge in [-0.25, -0.2) is 8.42 Å². The number of carbonyl (C=O) groups is 2. The third kappa shape index (κ3) is 7.36. The lowest BCUT2D eigenvalue weighted by molar-refractivity contribution is -0.326. The van der Waals surface area contributed by atoms with Gasteiger partial charge in [-0.15, -0.1) is 0 Å². The van der Waals surface area contributed by atoms with Crippen molar-refractivity contribution in [2.45, 2.75) is 26.7 Å². The van der Waals surface area contributed by atoms with Crippen LogP contribution in [0.3, 0.4) is 0 Å². The van der Waals surface area contributed by atoms with Gasteiger partial charge in [-0.05, 0) is 12.8 Å². The van der Waals surface area contributed by atoms with Crippen molar-refractivity contribution in [1.29, 1.82) is 0 Å². The SMILES string of the molecule is CC1(C(=O)[O-])C=C(S(=O)(=O)[O-])CC(C)(C(=O)[O-])C1.C[NH3+].C[NH3+].C[NH3+]. The summed E-state index contributed by atoms with van der Waals surface area (Å²) in [4.78, 5) is 21.2. The van der Waals surface area contributed by atoms with E-state index in [2.05, 4.69) is 17.2 Å². The number of carbonyl (C=O) groups excluding carboxylic acids is 2. The van der Waals surface area contributed by atoms with Crippen molar-refractivity contribution in [2.75, 3.05) is 21.1 Å². The summed E-state index contributed by atoms with van der Waals surface area (Å²) in [7, 11) is 0.344. The average molecular weight is 371 g/mol. The molecule has 0 aromatic heterocycles. The maximum absolute atomic E-state index is 11.0. The first-order valence-corrected chi connectivity index (χ1v) is 8.54. The molecule has 0 spiro atoms. The molecule has 2 atom stereocenters. The minimum atomic E-state index is -4.91. The number of hydrogen-bond acceptors (Lipinski definition) is 7. The van der Waals surface area contributed by atoms with E-state index in [0.717, 1.165) is 19.9 Å². The molecule has 9 N–H and O–H groups in total. The highest BCUT2D eigenvalue weighted by Crippen LogP contribution is 2.45. The van der Waals surface area contributed by atoms with Gasteiger partial charge >= 0.3 is 0 Å². The Balaban J connectivity index is -0.000000659. The van der Waals surface area contributed by atoms with Crippen LogP contribution in [-0.2, 0) is 19.7 Å². The highest BCUT2D eigenvalue weighted by atomic mass is 32.2. The van der Waals surface area contributed by atoms with Crippen molar-refractivity contribution in [3.05, 3.63) is 11.0 Å². The minimum Gasteiger partial charge on any atom is -0.744 e. The first kappa shape index (κ1) is 27.3. The van der Waals surface area contributed by atoms with Crippen LogP contribution < -0.4 is 27.4 Å². The van der Waals surface area contributed by atoms with E-state index in [1.165, 1.54) is 0 Å². The Kier molecular flexibility index (Phi) is 12.6. The minimum absolute atomic E-state index is 0.399. The molecule has 0 aromatic carbocycles. The third-order valence-corrected chi connectivity index (χ3v) is 3.99. The average Bonchev–Trinajstić information content (AvgIpc) is 2.51. The molecule has 1 aliphatic carbocycles. The third-order valence-electron chi connectivity index (χ3n) is 3.08. The highest BCUT2D eigenvalue weighted by Gasteiger charge is 2.42. The molecule has 2 unspecified atom stereocenters. The van der Waals surface area contributed by atoms with Crippen LogP contribution in [0.5, 0.6) is 0 Å². The number of carboxylic acid groups (broad SMARTS) is 2. The van der Waals surface area contributed by atoms with Crippen molar-refractivity contribution >= 4 is 22.1 Å². The summed E-state index contributed by atoms with van der Waals surface area (Å²) in [6.07, 6.45) is -0.219. The van der Waals surface area contributed by atoms with E-state index in [1.807, 2.05) is 0 Å². The maximum Gasteiger partial charge on any atom is 0.120 e. The molecule has 0 aliphatic heterocycles. The summed E-state index contributed by atoms with van der Waals surface area (Å²) in [6.45, 7) is 2.25. The van der Waals surface area contributed by atoms with E-state index in [0.29, 0.717) is 0 Å². The van der Waals surface area contributed by atoms with Gasteiger partial charge in [0.2, 0.25) is 0 Å². The molecule has 10 nitrogen and oxygen atoms in total. The van der Waals surface area contributed by atoms with Gasteiger partial charge in [0.25, 0.3) is 0 Å². The number of quaternary nitrogens is 3. The fourth-order valence-electron chi connectivity index (χ4n) is 2.15. The molecule has 0 fully saturated rings. The molecule has 11 heteroatoms. The number of aliphatic carboxylic acids is 2. The number of allylic oxidation sites excluding steroid dienone is 1. The Morgan fingerprint density at radius 2 is 1.38 bits per heavy atom. The lowest BCUT2D eigenvalue weighted by atomic mass is 9.67. The van der Waals surface area contributed by atoms with Crippen LogP contribution in [0.4, 0.5) is 0 Å². The van der Waals surface area contributed by atoms with E-state index >= 15 is 0 Å². The van der Waals surface area contributed by atoms with Crippen LogP contribution in [0.15, 0.2) is 11.0 Å². The van der Waals surface area contributed by atoms with Crippen molar-refractivity contribution in [3.63, 3.8) is 0 Å². The van der Waals surface area contributed by atoms with Crippen molar-refractivity contribution in [2.24, 2.45) is 10.8 Å². The fourth-order valence-corrected chi connectivity index (χ4v) is 3.05. The summed E-state index contributed by atoms with van der Waals surface area (Å²) < 4.78 is 32.9. The quantitative estimate of drug-likeness (QED) is 0.407. The Hall–Kier alpha value is -1.53. The molecule has 0 radical (unpaired) electrons. The van der Waals surface area contributed by atoms with Gasteiger partial charge in [0.1, 0.15) is 10.1 Å². The van der Waals surface area contributed by atoms with Crippen LogP contribution in [0.2, 0.25) is 0 Å². The zero-order valence-corrected chi connectivity index (χ0v) is 15.7. The molecule has 0 amide bonds. The zero-order chi connectivity index (χ0) is 20.4. The molecule has 0 heterocycles. The summed E-state index contributed by atoms with van der Waals surface area (Å²) >= 11 is 0. The largest absolute Gasteiger partial charge is 0.744 e. The van der Waals surface area contributed by atoms with Crippen LogP contribution in [0.25, 0.3) is 0 Å². The van der Waals surface area contributed by atoms with E-state index in [4.69, 9.17) is 0 Å². The summed E-state index contributed by atoms with van der Waals surface area (Å²) in [6, 6.07) is 0. The normalized spacial score (nSPS) is 25.3. The second-order valence-corrected chi connectivity index (χ2v) is 6.40. The molecular weight excluding hydrogens is 342 g/mol. The first-order chi connectivity index (χ1) is 10.9. The Morgan fingerprint density at radius 3 is 1.62 bits per heavy atom. The van der Waals surface area contributed by atoms with E-state index < -0.39 is 50.6 Å². The Labute approximate surface area is 142 Å². The van der Waals surface area contributed by atoms with Crippen LogP contribution in [0, 0.1) is 10.8 Å². The van der Waals surface area contributed by atoms with Crippen LogP contribution in [0.1, 0.15) is 26.7 Å². The topological polar surface area (TPSA) is 220 Å². The van der Waals surface area contributed by atoms with E-state index in [1.54, 1.807) is 21.1 Å². The second-order valence-electron chi connectivity index (χ2n) is 4.97. The monoisotopic (exact) mass is 371 g/mol. The van der Waals surface area contributed by atoms with Gasteiger partial charge in [0.05, 0.1) is 27.1 Å². The first-order valence-electron chi connectivity index (χ1n) is 7.13. The van der Waals surface area contributed by atoms with Gasteiger partial charge in [-0.2, -0.15) is 0 Å². The summed E-state index contributed by atoms with van der Waals surface area (Å²) in [5.41, 5.74) is 6.18. The van der Waals surface area contributed by atoms with Gasteiger partial charge in [-0.1, -0.05) is 19.9 Å². The molecule has 0 saturated heterocycles. The predicted octanol–water partition coefficient (Wildman–Crippen LogP) is -5.70. The summed E-state index contributed by atoms with van der Waals surface area (Å²) in [5, 5.41) is 22.0. The molecule has 1 rings (SSSR count). The Bertz CT molecular complexity index is 548. The molecule has 24 heavy (non-hydrogen) atoms. The fraction of sp³-hybridized carbons (Fsp3) is 0.692. The van der Waals surface area contributed by atoms with Crippen molar-refractivity contribution in [3.8, 4) is 0 Å². The van der Waals surface area contributed by atoms with Crippen LogP contribution in [-0.4, -0.2) is 46.1 Å². The van der Waals surface area contributed by atoms with Crippen molar-refractivity contribution < 1.29 is 50.0 Å². The Morgan fingerprint density at radius 1 is 1.00 bits per heavy atom. The number of carboxylic acids is 2. The van der Waals surface area contributed by atoms with Crippen LogP contribution >= 0.6 is 0 Å². The zero-order valence-electron chi connectivity index (χ0n) is 14.9. The number of rotatable bonds is 3. The van der Waals surface area contributed by atoms with Gasteiger partial charge in [0, 0.05) is 21.7 Å². The number of hydrogen-bond donors (Lipinski definition) is 3. The van der Waals surface area contributed by atoms with Crippen molar-refractivity contribution in [1.82, 2.24) is 0 Å². The van der Waals surface area contributed by atoms with E-state index in [-0.39, 0.29) is 0 Å². The standard InChI is InChI=1S/C10H14O7S.3CH5N/c1-9(7(11)12)3-6(18(15,16)17)4-10(2,5-9)8(13)14;3*1-2/h3H,4-5H2,1-2H3,(H,11,12)(H,13,14)(H,15,16,17);3*2H2,1H3. The molecule has 0 bridgehead atoms. The maximum atomic E-state index is 11.0. The second kappa shape index (κ2) is 11.1. The summed E-state index contributed by atoms with van der Waals surface area (Å²) in [5.74, 6) is -3.25. The molecule has 0 aromatic rings. The predicted molar refractivity (Wildman–Crippen MR) is 79.7 cm³/mol. The lowest BCUT2D eigenvalue weighted by Crippen LogP contribution is -2.50. The molecule has 0 saturated carbocycles.